The number of aromatic nitrogens is 1. The standard InChI is InChI=1S/C16H25FN2S/c1-2-9-19-16(14-8-10-18-11-15(14)17)12-20-13-6-4-3-5-7-13/h8,10-11,13,16,19H,2-7,9,12H2,1H3. The van der Waals surface area contributed by atoms with Crippen LogP contribution in [0.2, 0.25) is 0 Å². The number of pyridine rings is 1. The summed E-state index contributed by atoms with van der Waals surface area (Å²) in [5.74, 6) is 0.761. The Morgan fingerprint density at radius 3 is 2.90 bits per heavy atom. The lowest BCUT2D eigenvalue weighted by Gasteiger charge is -2.25. The maximum atomic E-state index is 13.9. The first-order valence-corrected chi connectivity index (χ1v) is 8.80. The summed E-state index contributed by atoms with van der Waals surface area (Å²) in [4.78, 5) is 3.85. The van der Waals surface area contributed by atoms with Gasteiger partial charge in [-0.25, -0.2) is 4.39 Å². The lowest BCUT2D eigenvalue weighted by Crippen LogP contribution is -2.26. The molecule has 0 bridgehead atoms. The maximum absolute atomic E-state index is 13.9. The van der Waals surface area contributed by atoms with Crippen molar-refractivity contribution < 1.29 is 4.39 Å². The monoisotopic (exact) mass is 296 g/mol. The Balaban J connectivity index is 1.94. The zero-order valence-corrected chi connectivity index (χ0v) is 13.1. The Labute approximate surface area is 125 Å². The highest BCUT2D eigenvalue weighted by Gasteiger charge is 2.19. The van der Waals surface area contributed by atoms with E-state index in [-0.39, 0.29) is 11.9 Å². The summed E-state index contributed by atoms with van der Waals surface area (Å²) in [7, 11) is 0. The number of rotatable bonds is 7. The largest absolute Gasteiger partial charge is 0.309 e. The number of thioether (sulfide) groups is 1. The van der Waals surface area contributed by atoms with Crippen LogP contribution in [0.3, 0.4) is 0 Å². The first kappa shape index (κ1) is 15.8. The van der Waals surface area contributed by atoms with Crippen molar-refractivity contribution in [3.63, 3.8) is 0 Å². The van der Waals surface area contributed by atoms with Crippen LogP contribution in [0.4, 0.5) is 4.39 Å². The molecule has 1 fully saturated rings. The lowest BCUT2D eigenvalue weighted by molar-refractivity contribution is 0.509. The van der Waals surface area contributed by atoms with E-state index in [1.165, 1.54) is 38.3 Å². The zero-order chi connectivity index (χ0) is 14.2. The fourth-order valence-corrected chi connectivity index (χ4v) is 4.14. The molecule has 1 unspecified atom stereocenters. The minimum Gasteiger partial charge on any atom is -0.309 e. The van der Waals surface area contributed by atoms with E-state index in [1.807, 2.05) is 17.8 Å². The lowest BCUT2D eigenvalue weighted by atomic mass is 10.0. The molecule has 112 valence electrons. The minimum atomic E-state index is -0.189. The molecule has 20 heavy (non-hydrogen) atoms. The van der Waals surface area contributed by atoms with Gasteiger partial charge in [-0.2, -0.15) is 11.8 Å². The second kappa shape index (κ2) is 8.63. The third-order valence-corrected chi connectivity index (χ3v) is 5.34. The van der Waals surface area contributed by atoms with E-state index in [0.717, 1.165) is 29.5 Å². The predicted molar refractivity (Wildman–Crippen MR) is 84.6 cm³/mol. The summed E-state index contributed by atoms with van der Waals surface area (Å²) in [6, 6.07) is 1.91. The summed E-state index contributed by atoms with van der Waals surface area (Å²) in [6.45, 7) is 3.07. The number of hydrogen-bond donors (Lipinski definition) is 1. The van der Waals surface area contributed by atoms with Gasteiger partial charge in [0.1, 0.15) is 5.82 Å². The van der Waals surface area contributed by atoms with Gasteiger partial charge in [0.05, 0.1) is 6.20 Å². The van der Waals surface area contributed by atoms with E-state index >= 15 is 0 Å². The number of nitrogens with zero attached hydrogens (tertiary/aromatic N) is 1. The van der Waals surface area contributed by atoms with Gasteiger partial charge in [0, 0.05) is 28.8 Å². The summed E-state index contributed by atoms with van der Waals surface area (Å²) in [6.07, 6.45) is 10.8. The van der Waals surface area contributed by atoms with Gasteiger partial charge in [0.15, 0.2) is 0 Å². The van der Waals surface area contributed by atoms with Gasteiger partial charge in [-0.1, -0.05) is 26.2 Å². The quantitative estimate of drug-likeness (QED) is 0.811. The van der Waals surface area contributed by atoms with Crippen LogP contribution >= 0.6 is 11.8 Å². The second-order valence-electron chi connectivity index (χ2n) is 5.50. The molecular formula is C16H25FN2S. The fraction of sp³-hybridized carbons (Fsp3) is 0.688. The Morgan fingerprint density at radius 2 is 2.20 bits per heavy atom. The molecule has 1 aliphatic carbocycles. The van der Waals surface area contributed by atoms with Gasteiger partial charge < -0.3 is 5.32 Å². The molecule has 2 rings (SSSR count). The number of halogens is 1. The van der Waals surface area contributed by atoms with E-state index in [0.29, 0.717) is 0 Å². The fourth-order valence-electron chi connectivity index (χ4n) is 2.71. The molecular weight excluding hydrogens is 271 g/mol. The van der Waals surface area contributed by atoms with E-state index in [9.17, 15) is 4.39 Å². The molecule has 1 heterocycles. The third-order valence-electron chi connectivity index (χ3n) is 3.87. The topological polar surface area (TPSA) is 24.9 Å². The van der Waals surface area contributed by atoms with Crippen molar-refractivity contribution in [2.75, 3.05) is 12.3 Å². The molecule has 0 spiro atoms. The van der Waals surface area contributed by atoms with Crippen molar-refractivity contribution in [2.45, 2.75) is 56.7 Å². The molecule has 1 atom stereocenters. The van der Waals surface area contributed by atoms with Gasteiger partial charge in [-0.3, -0.25) is 4.98 Å². The summed E-state index contributed by atoms with van der Waals surface area (Å²) in [5, 5.41) is 4.24. The van der Waals surface area contributed by atoms with Crippen molar-refractivity contribution in [1.82, 2.24) is 10.3 Å². The number of nitrogens with one attached hydrogen (secondary N) is 1. The van der Waals surface area contributed by atoms with Crippen LogP contribution in [0.5, 0.6) is 0 Å². The first-order chi connectivity index (χ1) is 9.81. The highest BCUT2D eigenvalue weighted by atomic mass is 32.2. The molecule has 1 aromatic heterocycles. The summed E-state index contributed by atoms with van der Waals surface area (Å²) >= 11 is 2.01. The van der Waals surface area contributed by atoms with E-state index in [2.05, 4.69) is 17.2 Å². The zero-order valence-electron chi connectivity index (χ0n) is 12.3. The highest BCUT2D eigenvalue weighted by Crippen LogP contribution is 2.31. The molecule has 0 aromatic carbocycles. The maximum Gasteiger partial charge on any atom is 0.146 e. The molecule has 4 heteroatoms. The normalized spacial score (nSPS) is 18.1. The Morgan fingerprint density at radius 1 is 1.40 bits per heavy atom. The van der Waals surface area contributed by atoms with Gasteiger partial charge in [0.25, 0.3) is 0 Å². The van der Waals surface area contributed by atoms with E-state index < -0.39 is 0 Å². The molecule has 2 nitrogen and oxygen atoms in total. The third kappa shape index (κ3) is 4.74. The summed E-state index contributed by atoms with van der Waals surface area (Å²) < 4.78 is 13.9. The van der Waals surface area contributed by atoms with E-state index in [1.54, 1.807) is 6.20 Å². The molecule has 0 aliphatic heterocycles. The Kier molecular flexibility index (Phi) is 6.80. The van der Waals surface area contributed by atoms with Crippen molar-refractivity contribution in [3.8, 4) is 0 Å². The van der Waals surface area contributed by atoms with Crippen molar-refractivity contribution >= 4 is 11.8 Å². The second-order valence-corrected chi connectivity index (χ2v) is 6.83. The molecule has 1 saturated carbocycles. The van der Waals surface area contributed by atoms with Gasteiger partial charge in [-0.05, 0) is 31.9 Å². The minimum absolute atomic E-state index is 0.102. The first-order valence-electron chi connectivity index (χ1n) is 7.75. The smallest absolute Gasteiger partial charge is 0.146 e. The van der Waals surface area contributed by atoms with Crippen LogP contribution in [0.25, 0.3) is 0 Å². The van der Waals surface area contributed by atoms with Crippen LogP contribution < -0.4 is 5.32 Å². The Hall–Kier alpha value is -0.610. The van der Waals surface area contributed by atoms with Crippen LogP contribution in [0.1, 0.15) is 57.1 Å². The Bertz CT molecular complexity index is 394. The van der Waals surface area contributed by atoms with E-state index in [4.69, 9.17) is 0 Å². The molecule has 0 radical (unpaired) electrons. The van der Waals surface area contributed by atoms with Crippen LogP contribution in [0, 0.1) is 5.82 Å². The van der Waals surface area contributed by atoms with Crippen LogP contribution in [-0.2, 0) is 0 Å². The van der Waals surface area contributed by atoms with Crippen LogP contribution in [0.15, 0.2) is 18.5 Å². The molecule has 0 amide bonds. The summed E-state index contributed by atoms with van der Waals surface area (Å²) in [5.41, 5.74) is 0.761. The van der Waals surface area contributed by atoms with Crippen molar-refractivity contribution in [2.24, 2.45) is 0 Å². The van der Waals surface area contributed by atoms with Crippen LogP contribution in [-0.4, -0.2) is 22.5 Å². The molecule has 1 aromatic rings. The average molecular weight is 296 g/mol. The van der Waals surface area contributed by atoms with Gasteiger partial charge in [-0.15, -0.1) is 0 Å². The molecule has 1 aliphatic rings. The molecule has 1 N–H and O–H groups in total. The SMILES string of the molecule is CCCNC(CSC1CCCCC1)c1ccncc1F. The highest BCUT2D eigenvalue weighted by molar-refractivity contribution is 7.99. The number of hydrogen-bond acceptors (Lipinski definition) is 3. The van der Waals surface area contributed by atoms with Crippen molar-refractivity contribution in [1.29, 1.82) is 0 Å². The molecule has 0 saturated heterocycles. The van der Waals surface area contributed by atoms with Crippen molar-refractivity contribution in [3.05, 3.63) is 29.8 Å². The van der Waals surface area contributed by atoms with Gasteiger partial charge >= 0.3 is 0 Å². The van der Waals surface area contributed by atoms with Gasteiger partial charge in [0.2, 0.25) is 0 Å². The predicted octanol–water partition coefficient (Wildman–Crippen LogP) is 4.33. The average Bonchev–Trinajstić information content (AvgIpc) is 2.49.